The lowest BCUT2D eigenvalue weighted by Crippen LogP contribution is -2.12. The largest absolute Gasteiger partial charge is 0.298 e. The second kappa shape index (κ2) is 5.75. The van der Waals surface area contributed by atoms with Crippen molar-refractivity contribution in [2.45, 2.75) is 18.7 Å². The highest BCUT2D eigenvalue weighted by Gasteiger charge is 2.16. The van der Waals surface area contributed by atoms with E-state index in [1.165, 1.54) is 29.5 Å². The van der Waals surface area contributed by atoms with Crippen LogP contribution < -0.4 is 5.32 Å². The first-order valence-corrected chi connectivity index (χ1v) is 9.02. The Morgan fingerprint density at radius 1 is 1.33 bits per heavy atom. The minimum Gasteiger partial charge on any atom is -0.298 e. The smallest absolute Gasteiger partial charge is 0.257 e. The van der Waals surface area contributed by atoms with Gasteiger partial charge in [-0.15, -0.1) is 11.3 Å². The number of nitrogens with zero attached hydrogens (tertiary/aromatic N) is 1. The number of hydrogen-bond acceptors (Lipinski definition) is 5. The van der Waals surface area contributed by atoms with Crippen LogP contribution in [0.15, 0.2) is 23.1 Å². The molecule has 5 nitrogen and oxygen atoms in total. The Bertz CT molecular complexity index is 793. The van der Waals surface area contributed by atoms with Crippen LogP contribution in [0.5, 0.6) is 0 Å². The summed E-state index contributed by atoms with van der Waals surface area (Å²) in [5.74, 6) is -0.426. The van der Waals surface area contributed by atoms with E-state index in [0.29, 0.717) is 5.13 Å². The van der Waals surface area contributed by atoms with Gasteiger partial charge in [0, 0.05) is 16.7 Å². The van der Waals surface area contributed by atoms with Crippen molar-refractivity contribution in [1.29, 1.82) is 0 Å². The Labute approximate surface area is 131 Å². The topological polar surface area (TPSA) is 76.1 Å². The van der Waals surface area contributed by atoms with E-state index in [-0.39, 0.29) is 15.5 Å². The Kier molecular flexibility index (Phi) is 4.36. The van der Waals surface area contributed by atoms with Crippen LogP contribution in [0.3, 0.4) is 0 Å². The van der Waals surface area contributed by atoms with E-state index >= 15 is 0 Å². The molecule has 0 saturated carbocycles. The maximum Gasteiger partial charge on any atom is 0.257 e. The Hall–Kier alpha value is -1.44. The fourth-order valence-electron chi connectivity index (χ4n) is 1.62. The summed E-state index contributed by atoms with van der Waals surface area (Å²) < 4.78 is 23.2. The van der Waals surface area contributed by atoms with Crippen LogP contribution in [0.1, 0.15) is 20.9 Å². The molecule has 0 unspecified atom stereocenters. The molecule has 0 radical (unpaired) electrons. The van der Waals surface area contributed by atoms with Crippen molar-refractivity contribution in [3.63, 3.8) is 0 Å². The molecule has 0 saturated heterocycles. The molecule has 0 aliphatic carbocycles. The maximum atomic E-state index is 12.1. The van der Waals surface area contributed by atoms with E-state index in [0.717, 1.165) is 16.8 Å². The van der Waals surface area contributed by atoms with Crippen LogP contribution in [0.25, 0.3) is 0 Å². The number of hydrogen-bond donors (Lipinski definition) is 1. The van der Waals surface area contributed by atoms with Crippen molar-refractivity contribution in [2.75, 3.05) is 11.6 Å². The van der Waals surface area contributed by atoms with Crippen LogP contribution in [0.2, 0.25) is 5.02 Å². The molecule has 0 fully saturated rings. The third-order valence-corrected chi connectivity index (χ3v) is 5.41. The molecule has 112 valence electrons. The second-order valence-electron chi connectivity index (χ2n) is 4.53. The van der Waals surface area contributed by atoms with Crippen molar-refractivity contribution in [2.24, 2.45) is 0 Å². The zero-order valence-electron chi connectivity index (χ0n) is 11.6. The number of benzene rings is 1. The van der Waals surface area contributed by atoms with Crippen molar-refractivity contribution < 1.29 is 13.2 Å². The monoisotopic (exact) mass is 344 g/mol. The van der Waals surface area contributed by atoms with E-state index in [4.69, 9.17) is 11.6 Å². The first kappa shape index (κ1) is 15.9. The Balaban J connectivity index is 2.32. The third-order valence-electron chi connectivity index (χ3n) is 2.84. The molecule has 0 aliphatic heterocycles. The number of halogens is 1. The summed E-state index contributed by atoms with van der Waals surface area (Å²) in [4.78, 5) is 17.3. The fourth-order valence-corrected chi connectivity index (χ4v) is 3.74. The highest BCUT2D eigenvalue weighted by atomic mass is 35.5. The van der Waals surface area contributed by atoms with Crippen molar-refractivity contribution in [3.05, 3.63) is 39.4 Å². The van der Waals surface area contributed by atoms with Gasteiger partial charge in [-0.1, -0.05) is 11.6 Å². The van der Waals surface area contributed by atoms with E-state index < -0.39 is 15.7 Å². The molecular formula is C13H13ClN2O3S2. The highest BCUT2D eigenvalue weighted by molar-refractivity contribution is 7.90. The summed E-state index contributed by atoms with van der Waals surface area (Å²) in [5, 5.41) is 3.22. The van der Waals surface area contributed by atoms with E-state index in [2.05, 4.69) is 10.3 Å². The van der Waals surface area contributed by atoms with Gasteiger partial charge in [0.1, 0.15) is 0 Å². The van der Waals surface area contributed by atoms with Gasteiger partial charge in [0.15, 0.2) is 15.0 Å². The van der Waals surface area contributed by atoms with E-state index in [1.807, 2.05) is 13.8 Å². The summed E-state index contributed by atoms with van der Waals surface area (Å²) in [7, 11) is -3.49. The molecule has 2 aromatic rings. The number of thiazole rings is 1. The SMILES string of the molecule is Cc1nc(NC(=O)c2ccc(Cl)c(S(C)(=O)=O)c2)sc1C. The third kappa shape index (κ3) is 3.61. The summed E-state index contributed by atoms with van der Waals surface area (Å²) >= 11 is 7.21. The predicted octanol–water partition coefficient (Wildman–Crippen LogP) is 3.07. The average molecular weight is 345 g/mol. The Morgan fingerprint density at radius 3 is 2.52 bits per heavy atom. The zero-order chi connectivity index (χ0) is 15.8. The molecule has 1 aromatic carbocycles. The van der Waals surface area contributed by atoms with Crippen molar-refractivity contribution in [3.8, 4) is 0 Å². The number of rotatable bonds is 3. The molecule has 0 bridgehead atoms. The second-order valence-corrected chi connectivity index (χ2v) is 8.13. The minimum absolute atomic E-state index is 0.0664. The molecule has 1 heterocycles. The standard InChI is InChI=1S/C13H13ClN2O3S2/c1-7-8(2)20-13(15-7)16-12(17)9-4-5-10(14)11(6-9)21(3,18)19/h4-6H,1-3H3,(H,15,16,17). The van der Waals surface area contributed by atoms with Gasteiger partial charge in [0.2, 0.25) is 0 Å². The van der Waals surface area contributed by atoms with Gasteiger partial charge in [0.05, 0.1) is 15.6 Å². The number of nitrogens with one attached hydrogen (secondary N) is 1. The number of carbonyl (C=O) groups excluding carboxylic acids is 1. The number of carbonyl (C=O) groups is 1. The molecule has 0 atom stereocenters. The normalized spacial score (nSPS) is 11.4. The average Bonchev–Trinajstić information content (AvgIpc) is 2.67. The number of anilines is 1. The molecule has 2 rings (SSSR count). The van der Waals surface area contributed by atoms with E-state index in [9.17, 15) is 13.2 Å². The van der Waals surface area contributed by atoms with Crippen LogP contribution >= 0.6 is 22.9 Å². The van der Waals surface area contributed by atoms with Gasteiger partial charge >= 0.3 is 0 Å². The van der Waals surface area contributed by atoms with Gasteiger partial charge in [-0.3, -0.25) is 10.1 Å². The summed E-state index contributed by atoms with van der Waals surface area (Å²) in [6.07, 6.45) is 1.05. The highest BCUT2D eigenvalue weighted by Crippen LogP contribution is 2.25. The van der Waals surface area contributed by atoms with Gasteiger partial charge in [0.25, 0.3) is 5.91 Å². The summed E-state index contributed by atoms with van der Waals surface area (Å²) in [6.45, 7) is 3.76. The van der Waals surface area contributed by atoms with Crippen molar-refractivity contribution in [1.82, 2.24) is 4.98 Å². The number of amides is 1. The number of aryl methyl sites for hydroxylation is 2. The van der Waals surface area contributed by atoms with Crippen molar-refractivity contribution >= 4 is 43.8 Å². The molecule has 21 heavy (non-hydrogen) atoms. The quantitative estimate of drug-likeness (QED) is 0.928. The van der Waals surface area contributed by atoms with Gasteiger partial charge in [-0.05, 0) is 32.0 Å². The van der Waals surface area contributed by atoms with Gasteiger partial charge in [-0.2, -0.15) is 0 Å². The van der Waals surface area contributed by atoms with Crippen LogP contribution in [-0.2, 0) is 9.84 Å². The zero-order valence-corrected chi connectivity index (χ0v) is 14.0. The first-order chi connectivity index (χ1) is 9.68. The van der Waals surface area contributed by atoms with Gasteiger partial charge < -0.3 is 0 Å². The number of aromatic nitrogens is 1. The maximum absolute atomic E-state index is 12.1. The summed E-state index contributed by atoms with van der Waals surface area (Å²) in [6, 6.07) is 4.13. The Morgan fingerprint density at radius 2 is 2.00 bits per heavy atom. The lowest BCUT2D eigenvalue weighted by atomic mass is 10.2. The van der Waals surface area contributed by atoms with Gasteiger partial charge in [-0.25, -0.2) is 13.4 Å². The lowest BCUT2D eigenvalue weighted by Gasteiger charge is -2.06. The molecule has 0 aliphatic rings. The lowest BCUT2D eigenvalue weighted by molar-refractivity contribution is 0.102. The molecule has 1 amide bonds. The number of sulfone groups is 1. The first-order valence-electron chi connectivity index (χ1n) is 5.93. The summed E-state index contributed by atoms with van der Waals surface area (Å²) in [5.41, 5.74) is 1.06. The predicted molar refractivity (Wildman–Crippen MR) is 84.1 cm³/mol. The minimum atomic E-state index is -3.49. The molecular weight excluding hydrogens is 332 g/mol. The van der Waals surface area contributed by atoms with Crippen LogP contribution in [0, 0.1) is 13.8 Å². The van der Waals surface area contributed by atoms with Crippen LogP contribution in [0.4, 0.5) is 5.13 Å². The fraction of sp³-hybridized carbons (Fsp3) is 0.231. The molecule has 1 aromatic heterocycles. The molecule has 1 N–H and O–H groups in total. The molecule has 8 heteroatoms. The van der Waals surface area contributed by atoms with Crippen LogP contribution in [-0.4, -0.2) is 25.6 Å². The van der Waals surface area contributed by atoms with E-state index in [1.54, 1.807) is 0 Å². The molecule has 0 spiro atoms.